The number of nitrogens with one attached hydrogen (secondary N) is 2. The molecule has 1 atom stereocenters. The zero-order chi connectivity index (χ0) is 20.3. The Morgan fingerprint density at radius 3 is 2.32 bits per heavy atom. The molecule has 0 aliphatic rings. The van der Waals surface area contributed by atoms with Crippen LogP contribution < -0.4 is 5.32 Å². The molecule has 2 aromatic carbocycles. The van der Waals surface area contributed by atoms with E-state index in [1.807, 2.05) is 24.3 Å². The standard InChI is InChI=1S/C22H22N2O4/c1-13(2)21(26)24-16-10-8-15(9-11-16)20(25)14(3)28-22(27)18-12-23-19-7-5-4-6-17(18)19/h4-14,23H,1-3H3,(H,24,26)/t14-/m0/s1. The molecule has 3 rings (SSSR count). The summed E-state index contributed by atoms with van der Waals surface area (Å²) in [6, 6.07) is 13.9. The first-order valence-corrected chi connectivity index (χ1v) is 9.09. The fourth-order valence-electron chi connectivity index (χ4n) is 2.76. The van der Waals surface area contributed by atoms with Gasteiger partial charge in [-0.1, -0.05) is 32.0 Å². The number of Topliss-reactive ketones (excluding diaryl/α,β-unsaturated/α-hetero) is 1. The number of hydrogen-bond donors (Lipinski definition) is 2. The van der Waals surface area contributed by atoms with Crippen LogP contribution in [0.1, 0.15) is 41.5 Å². The van der Waals surface area contributed by atoms with Crippen molar-refractivity contribution in [3.8, 4) is 0 Å². The average Bonchev–Trinajstić information content (AvgIpc) is 3.12. The average molecular weight is 378 g/mol. The highest BCUT2D eigenvalue weighted by Crippen LogP contribution is 2.20. The van der Waals surface area contributed by atoms with Gasteiger partial charge in [0, 0.05) is 34.3 Å². The van der Waals surface area contributed by atoms with Crippen molar-refractivity contribution in [1.29, 1.82) is 0 Å². The molecule has 144 valence electrons. The molecule has 0 spiro atoms. The maximum absolute atomic E-state index is 12.6. The van der Waals surface area contributed by atoms with Crippen molar-refractivity contribution in [2.75, 3.05) is 5.32 Å². The van der Waals surface area contributed by atoms with Gasteiger partial charge in [-0.3, -0.25) is 9.59 Å². The summed E-state index contributed by atoms with van der Waals surface area (Å²) in [5.41, 5.74) is 2.23. The van der Waals surface area contributed by atoms with Crippen molar-refractivity contribution in [1.82, 2.24) is 4.98 Å². The van der Waals surface area contributed by atoms with Gasteiger partial charge in [-0.05, 0) is 37.3 Å². The second-order valence-corrected chi connectivity index (χ2v) is 6.88. The largest absolute Gasteiger partial charge is 0.451 e. The molecule has 0 saturated carbocycles. The second-order valence-electron chi connectivity index (χ2n) is 6.88. The number of ether oxygens (including phenoxy) is 1. The van der Waals surface area contributed by atoms with Crippen molar-refractivity contribution >= 4 is 34.3 Å². The Balaban J connectivity index is 1.67. The molecule has 6 nitrogen and oxygen atoms in total. The van der Waals surface area contributed by atoms with E-state index in [2.05, 4.69) is 10.3 Å². The lowest BCUT2D eigenvalue weighted by molar-refractivity contribution is -0.118. The highest BCUT2D eigenvalue weighted by molar-refractivity contribution is 6.06. The summed E-state index contributed by atoms with van der Waals surface area (Å²) >= 11 is 0. The lowest BCUT2D eigenvalue weighted by Gasteiger charge is -2.13. The zero-order valence-electron chi connectivity index (χ0n) is 16.0. The van der Waals surface area contributed by atoms with Crippen molar-refractivity contribution in [3.63, 3.8) is 0 Å². The lowest BCUT2D eigenvalue weighted by Crippen LogP contribution is -2.24. The molecule has 28 heavy (non-hydrogen) atoms. The van der Waals surface area contributed by atoms with Crippen LogP contribution in [0.2, 0.25) is 0 Å². The number of carbonyl (C=O) groups is 3. The molecule has 0 fully saturated rings. The number of H-pyrrole nitrogens is 1. The maximum Gasteiger partial charge on any atom is 0.341 e. The first-order chi connectivity index (χ1) is 13.4. The van der Waals surface area contributed by atoms with E-state index in [1.54, 1.807) is 51.2 Å². The number of para-hydroxylation sites is 1. The molecular formula is C22H22N2O4. The van der Waals surface area contributed by atoms with Gasteiger partial charge in [0.1, 0.15) is 0 Å². The molecule has 0 aliphatic carbocycles. The number of anilines is 1. The summed E-state index contributed by atoms with van der Waals surface area (Å²) in [5, 5.41) is 3.51. The van der Waals surface area contributed by atoms with E-state index in [4.69, 9.17) is 4.74 Å². The van der Waals surface area contributed by atoms with Gasteiger partial charge >= 0.3 is 5.97 Å². The summed E-state index contributed by atoms with van der Waals surface area (Å²) in [5.74, 6) is -1.10. The Morgan fingerprint density at radius 1 is 0.964 bits per heavy atom. The molecule has 0 radical (unpaired) electrons. The quantitative estimate of drug-likeness (QED) is 0.497. The number of fused-ring (bicyclic) bond motifs is 1. The predicted molar refractivity (Wildman–Crippen MR) is 107 cm³/mol. The van der Waals surface area contributed by atoms with E-state index in [-0.39, 0.29) is 17.6 Å². The zero-order valence-corrected chi connectivity index (χ0v) is 16.0. The lowest BCUT2D eigenvalue weighted by atomic mass is 10.1. The summed E-state index contributed by atoms with van der Waals surface area (Å²) in [6.45, 7) is 5.15. The van der Waals surface area contributed by atoms with E-state index in [0.29, 0.717) is 16.8 Å². The summed E-state index contributed by atoms with van der Waals surface area (Å²) in [6.07, 6.45) is 0.647. The van der Waals surface area contributed by atoms with Gasteiger partial charge in [0.2, 0.25) is 11.7 Å². The first-order valence-electron chi connectivity index (χ1n) is 9.09. The Morgan fingerprint density at radius 2 is 1.64 bits per heavy atom. The minimum absolute atomic E-state index is 0.0971. The molecule has 2 N–H and O–H groups in total. The van der Waals surface area contributed by atoms with Crippen LogP contribution in [0.3, 0.4) is 0 Å². The molecule has 3 aromatic rings. The summed E-state index contributed by atoms with van der Waals surface area (Å²) in [7, 11) is 0. The fraction of sp³-hybridized carbons (Fsp3) is 0.227. The molecule has 0 unspecified atom stereocenters. The molecule has 0 aliphatic heterocycles. The van der Waals surface area contributed by atoms with Gasteiger partial charge in [0.15, 0.2) is 6.10 Å². The van der Waals surface area contributed by atoms with Gasteiger partial charge in [-0.25, -0.2) is 4.79 Å². The third-order valence-electron chi connectivity index (χ3n) is 4.42. The minimum atomic E-state index is -0.933. The van der Waals surface area contributed by atoms with Gasteiger partial charge in [0.05, 0.1) is 5.56 Å². The number of benzene rings is 2. The number of hydrogen-bond acceptors (Lipinski definition) is 4. The van der Waals surface area contributed by atoms with Crippen molar-refractivity contribution < 1.29 is 19.1 Å². The molecular weight excluding hydrogens is 356 g/mol. The molecule has 1 amide bonds. The maximum atomic E-state index is 12.6. The van der Waals surface area contributed by atoms with Crippen LogP contribution in [0.25, 0.3) is 10.9 Å². The van der Waals surface area contributed by atoms with Crippen LogP contribution in [0, 0.1) is 5.92 Å². The second kappa shape index (κ2) is 8.08. The normalized spacial score (nSPS) is 12.0. The van der Waals surface area contributed by atoms with E-state index >= 15 is 0 Å². The SMILES string of the molecule is CC(C)C(=O)Nc1ccc(C(=O)[C@H](C)OC(=O)c2c[nH]c3ccccc23)cc1. The van der Waals surface area contributed by atoms with E-state index < -0.39 is 12.1 Å². The summed E-state index contributed by atoms with van der Waals surface area (Å²) in [4.78, 5) is 39.8. The van der Waals surface area contributed by atoms with Crippen molar-refractivity contribution in [2.24, 2.45) is 5.92 Å². The molecule has 0 bridgehead atoms. The number of aromatic nitrogens is 1. The minimum Gasteiger partial charge on any atom is -0.451 e. The monoisotopic (exact) mass is 378 g/mol. The molecule has 0 saturated heterocycles. The van der Waals surface area contributed by atoms with Crippen LogP contribution in [0.15, 0.2) is 54.7 Å². The Labute approximate surface area is 162 Å². The number of aromatic amines is 1. The number of rotatable bonds is 6. The van der Waals surface area contributed by atoms with Crippen LogP contribution >= 0.6 is 0 Å². The van der Waals surface area contributed by atoms with Crippen LogP contribution in [0.4, 0.5) is 5.69 Å². The smallest absolute Gasteiger partial charge is 0.341 e. The molecule has 6 heteroatoms. The van der Waals surface area contributed by atoms with Gasteiger partial charge < -0.3 is 15.0 Å². The number of esters is 1. The Kier molecular flexibility index (Phi) is 5.59. The van der Waals surface area contributed by atoms with E-state index in [9.17, 15) is 14.4 Å². The third kappa shape index (κ3) is 4.11. The highest BCUT2D eigenvalue weighted by atomic mass is 16.5. The van der Waals surface area contributed by atoms with Crippen LogP contribution in [0.5, 0.6) is 0 Å². The van der Waals surface area contributed by atoms with Gasteiger partial charge in [-0.15, -0.1) is 0 Å². The number of amides is 1. The first kappa shape index (κ1) is 19.4. The van der Waals surface area contributed by atoms with E-state index in [1.165, 1.54) is 0 Å². The van der Waals surface area contributed by atoms with Gasteiger partial charge in [-0.2, -0.15) is 0 Å². The molecule has 1 aromatic heterocycles. The van der Waals surface area contributed by atoms with Crippen LogP contribution in [-0.4, -0.2) is 28.7 Å². The highest BCUT2D eigenvalue weighted by Gasteiger charge is 2.22. The van der Waals surface area contributed by atoms with Gasteiger partial charge in [0.25, 0.3) is 0 Å². The topological polar surface area (TPSA) is 88.3 Å². The van der Waals surface area contributed by atoms with Crippen LogP contribution in [-0.2, 0) is 9.53 Å². The third-order valence-corrected chi connectivity index (χ3v) is 4.42. The fourth-order valence-corrected chi connectivity index (χ4v) is 2.76. The van der Waals surface area contributed by atoms with Crippen molar-refractivity contribution in [2.45, 2.75) is 26.9 Å². The predicted octanol–water partition coefficient (Wildman–Crippen LogP) is 4.19. The Hall–Kier alpha value is -3.41. The number of ketones is 1. The van der Waals surface area contributed by atoms with Crippen molar-refractivity contribution in [3.05, 3.63) is 65.9 Å². The van der Waals surface area contributed by atoms with E-state index in [0.717, 1.165) is 10.9 Å². The Bertz CT molecular complexity index is 1020. The summed E-state index contributed by atoms with van der Waals surface area (Å²) < 4.78 is 5.37. The number of carbonyl (C=O) groups excluding carboxylic acids is 3. The molecule has 1 heterocycles.